The highest BCUT2D eigenvalue weighted by atomic mass is 19.1. The molecule has 0 amide bonds. The number of anilines is 1. The van der Waals surface area contributed by atoms with Crippen LogP contribution in [0.2, 0.25) is 0 Å². The number of nitrogens with zero attached hydrogens (tertiary/aromatic N) is 6. The van der Waals surface area contributed by atoms with E-state index in [-0.39, 0.29) is 22.1 Å². The van der Waals surface area contributed by atoms with E-state index in [1.165, 1.54) is 18.6 Å². The Hall–Kier alpha value is -5.27. The third-order valence-electron chi connectivity index (χ3n) is 5.55. The summed E-state index contributed by atoms with van der Waals surface area (Å²) in [4.78, 5) is 23.0. The number of nitrogens with two attached hydrogens (primary N) is 3. The zero-order chi connectivity index (χ0) is 29.6. The van der Waals surface area contributed by atoms with Gasteiger partial charge in [0.05, 0.1) is 23.3 Å². The van der Waals surface area contributed by atoms with Gasteiger partial charge < -0.3 is 27.3 Å². The highest BCUT2D eigenvalue weighted by Gasteiger charge is 2.18. The number of tetrazole rings is 1. The van der Waals surface area contributed by atoms with Crippen molar-refractivity contribution < 1.29 is 23.8 Å². The smallest absolute Gasteiger partial charge is 0.342 e. The van der Waals surface area contributed by atoms with Crippen molar-refractivity contribution in [3.8, 4) is 0 Å². The second kappa shape index (κ2) is 12.5. The number of carbonyl (C=O) groups excluding carboxylic acids is 1. The Balaban J connectivity index is 0.000000201. The predicted octanol–water partition coefficient (Wildman–Crippen LogP) is 2.73. The molecule has 0 fully saturated rings. The SMILES string of the molecule is CCC.CCOC(=O)c1cc2c(C)cccc2n2nnnc12.N/N=c1/c(C(=O)O)cc2cc(F)c(N)cc2n1N. The summed E-state index contributed by atoms with van der Waals surface area (Å²) in [6.45, 7) is 8.31. The van der Waals surface area contributed by atoms with E-state index in [2.05, 4.69) is 34.5 Å². The number of fused-ring (bicyclic) bond motifs is 4. The summed E-state index contributed by atoms with van der Waals surface area (Å²) in [6.07, 6.45) is 1.25. The second-order valence-electron chi connectivity index (χ2n) is 8.53. The van der Waals surface area contributed by atoms with Crippen LogP contribution in [-0.2, 0) is 4.74 Å². The van der Waals surface area contributed by atoms with Gasteiger partial charge in [0.2, 0.25) is 0 Å². The normalized spacial score (nSPS) is 11.1. The molecule has 0 saturated carbocycles. The van der Waals surface area contributed by atoms with Gasteiger partial charge in [0.15, 0.2) is 11.1 Å². The lowest BCUT2D eigenvalue weighted by molar-refractivity contribution is 0.0527. The van der Waals surface area contributed by atoms with Crippen molar-refractivity contribution in [2.75, 3.05) is 18.2 Å². The summed E-state index contributed by atoms with van der Waals surface area (Å²) >= 11 is 0. The monoisotopic (exact) mass is 551 g/mol. The standard InChI is InChI=1S/C13H12N4O2.C10H10FN5O2.C3H8/c1-3-19-13(18)10-7-9-8(2)5-4-6-11(9)17-12(10)14-15-16-17;11-6-2-4-1-5(10(17)18)9(15-13)16(14)8(4)3-7(6)12;1-3-2/h4-7H,3H2,1-2H3;1-3H,12-14H2,(H,17,18);3H2,1-2H3/b;15-9-;. The first-order valence-electron chi connectivity index (χ1n) is 12.2. The van der Waals surface area contributed by atoms with Gasteiger partial charge >= 0.3 is 11.9 Å². The molecule has 7 N–H and O–H groups in total. The molecule has 0 spiro atoms. The number of hydrogen-bond acceptors (Lipinski definition) is 10. The first kappa shape index (κ1) is 29.3. The van der Waals surface area contributed by atoms with E-state index in [1.54, 1.807) is 17.5 Å². The van der Waals surface area contributed by atoms with E-state index < -0.39 is 17.8 Å². The number of rotatable bonds is 3. The minimum absolute atomic E-state index is 0.104. The lowest BCUT2D eigenvalue weighted by Gasteiger charge is -2.09. The molecule has 14 heteroatoms. The van der Waals surface area contributed by atoms with Crippen molar-refractivity contribution in [3.05, 3.63) is 70.5 Å². The number of aryl methyl sites for hydroxylation is 1. The zero-order valence-electron chi connectivity index (χ0n) is 22.4. The molecule has 0 aliphatic heterocycles. The minimum atomic E-state index is -1.27. The van der Waals surface area contributed by atoms with Gasteiger partial charge in [-0.05, 0) is 60.2 Å². The Morgan fingerprint density at radius 3 is 2.42 bits per heavy atom. The Labute approximate surface area is 227 Å². The van der Waals surface area contributed by atoms with Crippen LogP contribution in [0, 0.1) is 12.7 Å². The first-order valence-corrected chi connectivity index (χ1v) is 12.2. The number of esters is 1. The predicted molar refractivity (Wildman–Crippen MR) is 148 cm³/mol. The van der Waals surface area contributed by atoms with Crippen molar-refractivity contribution in [3.63, 3.8) is 0 Å². The molecule has 40 heavy (non-hydrogen) atoms. The molecule has 3 heterocycles. The van der Waals surface area contributed by atoms with Gasteiger partial charge in [0, 0.05) is 10.8 Å². The number of aromatic nitrogens is 5. The van der Waals surface area contributed by atoms with Crippen molar-refractivity contribution in [1.82, 2.24) is 24.7 Å². The number of benzene rings is 2. The van der Waals surface area contributed by atoms with Crippen LogP contribution in [0.15, 0.2) is 47.6 Å². The van der Waals surface area contributed by atoms with Crippen molar-refractivity contribution in [2.24, 2.45) is 10.9 Å². The van der Waals surface area contributed by atoms with Gasteiger partial charge in [-0.3, -0.25) is 0 Å². The molecule has 0 atom stereocenters. The maximum atomic E-state index is 13.3. The van der Waals surface area contributed by atoms with Gasteiger partial charge in [-0.2, -0.15) is 9.62 Å². The fourth-order valence-corrected chi connectivity index (χ4v) is 3.79. The maximum Gasteiger partial charge on any atom is 0.342 e. The molecule has 0 aliphatic carbocycles. The average molecular weight is 552 g/mol. The summed E-state index contributed by atoms with van der Waals surface area (Å²) < 4.78 is 20.9. The van der Waals surface area contributed by atoms with E-state index in [9.17, 15) is 14.0 Å². The third-order valence-corrected chi connectivity index (χ3v) is 5.55. The van der Waals surface area contributed by atoms with E-state index in [4.69, 9.17) is 27.3 Å². The van der Waals surface area contributed by atoms with Gasteiger partial charge in [-0.25, -0.2) is 18.7 Å². The van der Waals surface area contributed by atoms with Crippen LogP contribution in [0.1, 0.15) is 53.5 Å². The molecule has 2 aromatic carbocycles. The van der Waals surface area contributed by atoms with Crippen LogP contribution in [0.3, 0.4) is 0 Å². The van der Waals surface area contributed by atoms with E-state index in [0.29, 0.717) is 23.3 Å². The summed E-state index contributed by atoms with van der Waals surface area (Å²) in [5.74, 6) is 8.46. The zero-order valence-corrected chi connectivity index (χ0v) is 22.4. The van der Waals surface area contributed by atoms with Crippen LogP contribution >= 0.6 is 0 Å². The molecule has 3 aromatic heterocycles. The number of pyridine rings is 2. The fourth-order valence-electron chi connectivity index (χ4n) is 3.79. The first-order chi connectivity index (χ1) is 19.1. The van der Waals surface area contributed by atoms with Crippen LogP contribution in [0.5, 0.6) is 0 Å². The topological polar surface area (TPSA) is 202 Å². The van der Waals surface area contributed by atoms with Gasteiger partial charge in [-0.15, -0.1) is 5.10 Å². The van der Waals surface area contributed by atoms with Crippen LogP contribution in [-0.4, -0.2) is 48.4 Å². The minimum Gasteiger partial charge on any atom is -0.478 e. The molecule has 210 valence electrons. The van der Waals surface area contributed by atoms with Crippen molar-refractivity contribution >= 4 is 45.1 Å². The number of aromatic carboxylic acids is 1. The number of hydrogen-bond donors (Lipinski definition) is 4. The van der Waals surface area contributed by atoms with Gasteiger partial charge in [0.1, 0.15) is 16.9 Å². The molecule has 0 unspecified atom stereocenters. The number of ether oxygens (including phenoxy) is 1. The van der Waals surface area contributed by atoms with Crippen molar-refractivity contribution in [2.45, 2.75) is 34.1 Å². The number of carboxylic acid groups (broad SMARTS) is 1. The van der Waals surface area contributed by atoms with Gasteiger partial charge in [0.25, 0.3) is 0 Å². The highest BCUT2D eigenvalue weighted by Crippen LogP contribution is 2.23. The van der Waals surface area contributed by atoms with E-state index in [0.717, 1.165) is 27.2 Å². The molecule has 5 rings (SSSR count). The Bertz CT molecular complexity index is 1780. The highest BCUT2D eigenvalue weighted by molar-refractivity contribution is 6.01. The Kier molecular flexibility index (Phi) is 9.16. The molecule has 0 saturated heterocycles. The molecule has 5 aromatic rings. The summed E-state index contributed by atoms with van der Waals surface area (Å²) in [6, 6.07) is 11.2. The molecule has 13 nitrogen and oxygen atoms in total. The average Bonchev–Trinajstić information content (AvgIpc) is 3.41. The van der Waals surface area contributed by atoms with Gasteiger partial charge in [-0.1, -0.05) is 32.4 Å². The number of nitrogen functional groups attached to an aromatic ring is 2. The molecule has 0 bridgehead atoms. The summed E-state index contributed by atoms with van der Waals surface area (Å²) in [5.41, 5.74) is 8.00. The number of halogens is 1. The van der Waals surface area contributed by atoms with Crippen molar-refractivity contribution in [1.29, 1.82) is 0 Å². The Morgan fingerprint density at radius 1 is 1.10 bits per heavy atom. The third kappa shape index (κ3) is 5.75. The van der Waals surface area contributed by atoms with E-state index >= 15 is 0 Å². The Morgan fingerprint density at radius 2 is 1.80 bits per heavy atom. The summed E-state index contributed by atoms with van der Waals surface area (Å²) in [7, 11) is 0. The molecule has 0 aliphatic rings. The molecule has 0 radical (unpaired) electrons. The van der Waals surface area contributed by atoms with Crippen LogP contribution in [0.25, 0.3) is 27.5 Å². The molecular weight excluding hydrogens is 521 g/mol. The number of carbonyl (C=O) groups is 2. The lowest BCUT2D eigenvalue weighted by Crippen LogP contribution is -2.34. The van der Waals surface area contributed by atoms with Crippen LogP contribution < -0.4 is 22.9 Å². The fraction of sp³-hybridized carbons (Fsp3) is 0.231. The maximum absolute atomic E-state index is 13.3. The van der Waals surface area contributed by atoms with Crippen LogP contribution in [0.4, 0.5) is 10.1 Å². The lowest BCUT2D eigenvalue weighted by atomic mass is 10.1. The second-order valence-corrected chi connectivity index (χ2v) is 8.53. The summed E-state index contributed by atoms with van der Waals surface area (Å²) in [5, 5.41) is 25.0. The quantitative estimate of drug-likeness (QED) is 0.112. The number of carboxylic acids is 1. The van der Waals surface area contributed by atoms with E-state index in [1.807, 2.05) is 25.1 Å². The largest absolute Gasteiger partial charge is 0.478 e. The molecular formula is C26H30FN9O4.